The minimum Gasteiger partial charge on any atom is -0.462 e. The van der Waals surface area contributed by atoms with E-state index in [4.69, 9.17) is 48.6 Å². The molecule has 1 fully saturated rings. The van der Waals surface area contributed by atoms with Crippen molar-refractivity contribution in [2.45, 2.75) is 135 Å². The van der Waals surface area contributed by atoms with Crippen molar-refractivity contribution in [3.8, 4) is 17.1 Å². The molecule has 0 saturated carbocycles. The predicted octanol–water partition coefficient (Wildman–Crippen LogP) is 0.847. The molecule has 3 aliphatic heterocycles. The molecule has 7 rings (SSSR count). The first-order valence-electron chi connectivity index (χ1n) is 28.3. The van der Waals surface area contributed by atoms with Crippen LogP contribution in [0.3, 0.4) is 0 Å². The Morgan fingerprint density at radius 3 is 2.35 bits per heavy atom. The first-order chi connectivity index (χ1) is 40.2. The van der Waals surface area contributed by atoms with E-state index >= 15 is 0 Å². The van der Waals surface area contributed by atoms with Gasteiger partial charge in [0.05, 0.1) is 73.8 Å². The summed E-state index contributed by atoms with van der Waals surface area (Å²) in [5.41, 5.74) is 6.88. The number of aliphatic hydroxyl groups excluding tert-OH is 4. The number of nitrogens with two attached hydrogens (primary N) is 1. The Morgan fingerprint density at radius 2 is 1.63 bits per heavy atom. The van der Waals surface area contributed by atoms with Gasteiger partial charge in [-0.25, -0.2) is 19.4 Å². The lowest BCUT2D eigenvalue weighted by molar-refractivity contribution is -0.277. The zero-order valence-corrected chi connectivity index (χ0v) is 48.2. The van der Waals surface area contributed by atoms with Gasteiger partial charge in [-0.3, -0.25) is 14.4 Å². The molecule has 0 bridgehead atoms. The largest absolute Gasteiger partial charge is 0.462 e. The molecule has 460 valence electrons. The predicted molar refractivity (Wildman–Crippen MR) is 301 cm³/mol. The highest BCUT2D eigenvalue weighted by Crippen LogP contribution is 2.41. The standard InChI is InChI=1S/C58H79N7O19/c1-7-58(76)40-26-43-48-38(27-65(43)54(73)39(40)30-81-56(58)74)36(37-11-8-9-12-41(37)62-48)15-18-64(33(4)5)57(75)82-29-35-13-14-42(44(25-35)83-55-51(70)50(69)49(68)45(28-66)84-55)63-52(71)34(6)61-53(72)47(32(2)3)60-17-10-19-77-21-22-78-23-24-80-46(67)31-79-20-16-59/h8-9,11-14,25-26,32-34,45,47,49-51,55,60,66,68-70,76H,7,10,15-24,27-31,59H2,1-6H3,(H,61,72)(H,63,71)/t34-,45+,47-,49-,50-,51+,55+,58-/m0/s1. The first-order valence-corrected chi connectivity index (χ1v) is 28.3. The first kappa shape index (κ1) is 64.9. The molecule has 0 spiro atoms. The molecule has 5 heterocycles. The molecule has 0 aliphatic carbocycles. The summed E-state index contributed by atoms with van der Waals surface area (Å²) in [7, 11) is 0. The molecule has 10 N–H and O–H groups in total. The fourth-order valence-corrected chi connectivity index (χ4v) is 10.1. The van der Waals surface area contributed by atoms with Crippen LogP contribution in [0, 0.1) is 5.92 Å². The van der Waals surface area contributed by atoms with Crippen LogP contribution in [0.25, 0.3) is 22.3 Å². The van der Waals surface area contributed by atoms with E-state index in [0.29, 0.717) is 61.6 Å². The lowest BCUT2D eigenvalue weighted by Gasteiger charge is -2.39. The van der Waals surface area contributed by atoms with Crippen LogP contribution in [0.1, 0.15) is 82.2 Å². The monoisotopic (exact) mass is 1180 g/mol. The summed E-state index contributed by atoms with van der Waals surface area (Å²) in [6.07, 6.45) is -8.12. The summed E-state index contributed by atoms with van der Waals surface area (Å²) in [6, 6.07) is 11.4. The van der Waals surface area contributed by atoms with Gasteiger partial charge >= 0.3 is 18.0 Å². The second kappa shape index (κ2) is 29.9. The topological polar surface area (TPSA) is 361 Å². The van der Waals surface area contributed by atoms with Crippen LogP contribution >= 0.6 is 0 Å². The summed E-state index contributed by atoms with van der Waals surface area (Å²) in [5.74, 6) is -2.75. The maximum atomic E-state index is 14.1. The molecule has 4 aromatic rings. The average Bonchev–Trinajstić information content (AvgIpc) is 3.21. The van der Waals surface area contributed by atoms with Crippen LogP contribution in [-0.4, -0.2) is 191 Å². The van der Waals surface area contributed by atoms with E-state index in [-0.39, 0.29) is 100 Å². The van der Waals surface area contributed by atoms with Crippen molar-refractivity contribution >= 4 is 46.4 Å². The number of nitrogens with one attached hydrogen (secondary N) is 3. The van der Waals surface area contributed by atoms with Gasteiger partial charge in [0.1, 0.15) is 62.6 Å². The van der Waals surface area contributed by atoms with Crippen LogP contribution < -0.4 is 32.0 Å². The van der Waals surface area contributed by atoms with Crippen LogP contribution in [0.5, 0.6) is 5.75 Å². The van der Waals surface area contributed by atoms with Gasteiger partial charge in [-0.15, -0.1) is 0 Å². The minimum absolute atomic E-state index is 0.00752. The number of hydrogen-bond donors (Lipinski definition) is 9. The molecule has 8 atom stereocenters. The Bertz CT molecular complexity index is 3010. The maximum Gasteiger partial charge on any atom is 0.410 e. The van der Waals surface area contributed by atoms with Gasteiger partial charge in [0.2, 0.25) is 18.1 Å². The molecule has 0 radical (unpaired) electrons. The molecule has 2 aromatic heterocycles. The van der Waals surface area contributed by atoms with Crippen LogP contribution in [-0.2, 0) is 84.1 Å². The fourth-order valence-electron chi connectivity index (χ4n) is 10.1. The molecule has 26 nitrogen and oxygen atoms in total. The Morgan fingerprint density at radius 1 is 0.893 bits per heavy atom. The Hall–Kier alpha value is -6.69. The smallest absolute Gasteiger partial charge is 0.410 e. The molecule has 1 saturated heterocycles. The van der Waals surface area contributed by atoms with Gasteiger partial charge < -0.3 is 94.6 Å². The number of aliphatic hydroxyl groups is 5. The number of anilines is 1. The van der Waals surface area contributed by atoms with E-state index in [2.05, 4.69) is 16.0 Å². The molecular formula is C58H79N7O19. The molecule has 84 heavy (non-hydrogen) atoms. The number of rotatable bonds is 30. The summed E-state index contributed by atoms with van der Waals surface area (Å²) in [6.45, 7) is 11.5. The quantitative estimate of drug-likeness (QED) is 0.0175. The number of amides is 3. The van der Waals surface area contributed by atoms with Crippen molar-refractivity contribution in [3.05, 3.63) is 86.7 Å². The number of carbonyl (C=O) groups is 5. The number of para-hydroxylation sites is 1. The number of ether oxygens (including phenoxy) is 8. The van der Waals surface area contributed by atoms with Crippen LogP contribution in [0.2, 0.25) is 0 Å². The molecule has 2 aromatic carbocycles. The molecule has 0 unspecified atom stereocenters. The van der Waals surface area contributed by atoms with Crippen LogP contribution in [0.4, 0.5) is 10.5 Å². The number of nitrogens with zero attached hydrogens (tertiary/aromatic N) is 3. The van der Waals surface area contributed by atoms with Gasteiger partial charge in [-0.2, -0.15) is 0 Å². The van der Waals surface area contributed by atoms with Crippen molar-refractivity contribution in [1.29, 1.82) is 0 Å². The zero-order chi connectivity index (χ0) is 60.8. The van der Waals surface area contributed by atoms with Crippen molar-refractivity contribution in [2.24, 2.45) is 11.7 Å². The summed E-state index contributed by atoms with van der Waals surface area (Å²) >= 11 is 0. The van der Waals surface area contributed by atoms with Crippen molar-refractivity contribution in [1.82, 2.24) is 25.1 Å². The normalized spacial score (nSPS) is 20.6. The second-order valence-electron chi connectivity index (χ2n) is 21.3. The van der Waals surface area contributed by atoms with Gasteiger partial charge in [-0.1, -0.05) is 45.0 Å². The summed E-state index contributed by atoms with van der Waals surface area (Å²) in [5, 5.41) is 62.8. The lowest BCUT2D eigenvalue weighted by atomic mass is 9.86. The van der Waals surface area contributed by atoms with E-state index in [1.807, 2.05) is 52.0 Å². The van der Waals surface area contributed by atoms with Gasteiger partial charge in [0, 0.05) is 42.3 Å². The van der Waals surface area contributed by atoms with E-state index in [1.165, 1.54) is 24.0 Å². The highest BCUT2D eigenvalue weighted by Gasteiger charge is 2.47. The molecule has 26 heteroatoms. The Balaban J connectivity index is 0.986. The molecular weight excluding hydrogens is 1100 g/mol. The lowest BCUT2D eigenvalue weighted by Crippen LogP contribution is -2.60. The van der Waals surface area contributed by atoms with E-state index in [0.717, 1.165) is 16.5 Å². The highest BCUT2D eigenvalue weighted by molar-refractivity contribution is 5.98. The number of fused-ring (bicyclic) bond motifs is 5. The van der Waals surface area contributed by atoms with E-state index in [9.17, 15) is 54.3 Å². The maximum absolute atomic E-state index is 14.1. The fraction of sp³-hybridized carbons (Fsp3) is 0.569. The summed E-state index contributed by atoms with van der Waals surface area (Å²) < 4.78 is 45.5. The van der Waals surface area contributed by atoms with Crippen molar-refractivity contribution in [3.63, 3.8) is 0 Å². The van der Waals surface area contributed by atoms with Crippen LogP contribution in [0.15, 0.2) is 53.3 Å². The van der Waals surface area contributed by atoms with Crippen molar-refractivity contribution in [2.75, 3.05) is 77.8 Å². The number of carbonyl (C=O) groups excluding carboxylic acids is 5. The number of cyclic esters (lactones) is 1. The minimum atomic E-state index is -2.00. The zero-order valence-electron chi connectivity index (χ0n) is 48.2. The third-order valence-electron chi connectivity index (χ3n) is 14.8. The van der Waals surface area contributed by atoms with Crippen molar-refractivity contribution < 1.29 is 87.4 Å². The van der Waals surface area contributed by atoms with E-state index < -0.39 is 90.4 Å². The molecule has 3 amide bonds. The molecule has 3 aliphatic rings. The third kappa shape index (κ3) is 15.4. The number of aromatic nitrogens is 2. The Kier molecular flexibility index (Phi) is 23.1. The second-order valence-corrected chi connectivity index (χ2v) is 21.3. The number of pyridine rings is 2. The average molecular weight is 1180 g/mol. The Labute approximate surface area is 485 Å². The third-order valence-corrected chi connectivity index (χ3v) is 14.8. The highest BCUT2D eigenvalue weighted by atomic mass is 16.7. The number of esters is 2. The van der Waals surface area contributed by atoms with Gasteiger partial charge in [0.25, 0.3) is 5.56 Å². The number of hydrogen-bond acceptors (Lipinski definition) is 22. The SMILES string of the molecule is CC[C@@]1(O)C(=O)OCc2c1cc1n(c2=O)Cc2c-1nc1ccccc1c2CCN(C(=O)OCc1ccc(NC(=O)[C@H](C)NC(=O)[C@@H](NCCCOCCOCCOC(=O)COCCN)C(C)C)c(O[C@@H]2O[C@H](CO)[C@H](O)[C@H](O)[C@H]2O)c1)C(C)C. The van der Waals surface area contributed by atoms with Gasteiger partial charge in [-0.05, 0) is 87.9 Å². The summed E-state index contributed by atoms with van der Waals surface area (Å²) in [4.78, 5) is 86.4. The number of benzene rings is 2. The van der Waals surface area contributed by atoms with E-state index in [1.54, 1.807) is 23.6 Å². The van der Waals surface area contributed by atoms with Gasteiger partial charge in [0.15, 0.2) is 5.60 Å².